The van der Waals surface area contributed by atoms with Crippen molar-refractivity contribution in [2.45, 2.75) is 24.9 Å². The zero-order valence-electron chi connectivity index (χ0n) is 14.4. The summed E-state index contributed by atoms with van der Waals surface area (Å²) < 4.78 is 2.02. The van der Waals surface area contributed by atoms with E-state index in [0.717, 1.165) is 15.9 Å². The molecule has 0 atom stereocenters. The number of para-hydroxylation sites is 2. The van der Waals surface area contributed by atoms with Crippen LogP contribution in [0.2, 0.25) is 0 Å². The fraction of sp³-hybridized carbons (Fsp3) is 0.222. The molecule has 0 aliphatic rings. The maximum absolute atomic E-state index is 12.6. The van der Waals surface area contributed by atoms with Gasteiger partial charge in [-0.2, -0.15) is 0 Å². The average Bonchev–Trinajstić information content (AvgIpc) is 3.02. The Morgan fingerprint density at radius 2 is 2.08 bits per heavy atom. The second kappa shape index (κ2) is 7.57. The molecule has 0 bridgehead atoms. The van der Waals surface area contributed by atoms with Crippen LogP contribution >= 0.6 is 11.8 Å². The molecule has 0 aliphatic carbocycles. The van der Waals surface area contributed by atoms with Crippen molar-refractivity contribution in [3.8, 4) is 0 Å². The third-order valence-electron chi connectivity index (χ3n) is 4.10. The summed E-state index contributed by atoms with van der Waals surface area (Å²) in [6.45, 7) is 2.92. The van der Waals surface area contributed by atoms with Crippen LogP contribution in [-0.4, -0.2) is 26.6 Å². The van der Waals surface area contributed by atoms with Gasteiger partial charge in [-0.05, 0) is 37.4 Å². The normalized spacial score (nSPS) is 10.8. The molecule has 8 heteroatoms. The van der Waals surface area contributed by atoms with Crippen molar-refractivity contribution in [3.05, 3.63) is 64.0 Å². The minimum absolute atomic E-state index is 0.0565. The Bertz CT molecular complexity index is 984. The van der Waals surface area contributed by atoms with Crippen LogP contribution in [0.3, 0.4) is 0 Å². The quantitative estimate of drug-likeness (QED) is 0.407. The molecule has 1 amide bonds. The number of nitro benzene ring substituents is 1. The topological polar surface area (TPSA) is 90.1 Å². The smallest absolute Gasteiger partial charge is 0.282 e. The molecule has 0 spiro atoms. The summed E-state index contributed by atoms with van der Waals surface area (Å²) in [5.41, 5.74) is 1.70. The number of hydrogen-bond acceptors (Lipinski definition) is 5. The number of rotatable bonds is 6. The Balaban J connectivity index is 1.87. The number of fused-ring (bicyclic) bond motifs is 1. The Morgan fingerprint density at radius 1 is 1.31 bits per heavy atom. The maximum atomic E-state index is 12.6. The van der Waals surface area contributed by atoms with Crippen LogP contribution in [0.15, 0.2) is 47.4 Å². The number of hydrogen-bond donors (Lipinski definition) is 1. The summed E-state index contributed by atoms with van der Waals surface area (Å²) >= 11 is 1.43. The van der Waals surface area contributed by atoms with Crippen molar-refractivity contribution in [2.24, 2.45) is 0 Å². The number of imidazole rings is 1. The summed E-state index contributed by atoms with van der Waals surface area (Å²) in [6, 6.07) is 12.3. The first kappa shape index (κ1) is 17.9. The number of thioether (sulfide) groups is 1. The molecule has 1 heterocycles. The monoisotopic (exact) mass is 370 g/mol. The summed E-state index contributed by atoms with van der Waals surface area (Å²) in [6.07, 6.45) is 1.85. The lowest BCUT2D eigenvalue weighted by molar-refractivity contribution is -0.385. The van der Waals surface area contributed by atoms with Crippen LogP contribution in [0, 0.1) is 10.1 Å². The van der Waals surface area contributed by atoms with Gasteiger partial charge in [-0.3, -0.25) is 14.9 Å². The van der Waals surface area contributed by atoms with E-state index in [9.17, 15) is 14.9 Å². The van der Waals surface area contributed by atoms with E-state index in [-0.39, 0.29) is 17.8 Å². The van der Waals surface area contributed by atoms with Gasteiger partial charge in [0.1, 0.15) is 11.4 Å². The van der Waals surface area contributed by atoms with Crippen molar-refractivity contribution in [3.63, 3.8) is 0 Å². The number of carbonyl (C=O) groups excluding carboxylic acids is 1. The first-order valence-corrected chi connectivity index (χ1v) is 9.32. The minimum atomic E-state index is -0.541. The van der Waals surface area contributed by atoms with Gasteiger partial charge < -0.3 is 9.88 Å². The van der Waals surface area contributed by atoms with Crippen LogP contribution in [0.5, 0.6) is 0 Å². The van der Waals surface area contributed by atoms with Crippen molar-refractivity contribution in [1.29, 1.82) is 0 Å². The van der Waals surface area contributed by atoms with E-state index >= 15 is 0 Å². The molecule has 0 radical (unpaired) electrons. The molecule has 2 aromatic carbocycles. The molecule has 0 aliphatic heterocycles. The summed E-state index contributed by atoms with van der Waals surface area (Å²) in [5.74, 6) is 0.230. The van der Waals surface area contributed by atoms with Gasteiger partial charge in [-0.25, -0.2) is 4.98 Å². The van der Waals surface area contributed by atoms with Gasteiger partial charge in [0.2, 0.25) is 0 Å². The molecular formula is C18H18N4O3S. The average molecular weight is 370 g/mol. The lowest BCUT2D eigenvalue weighted by Crippen LogP contribution is -2.25. The number of benzene rings is 2. The van der Waals surface area contributed by atoms with Crippen LogP contribution in [-0.2, 0) is 13.1 Å². The van der Waals surface area contributed by atoms with Crippen LogP contribution in [0.1, 0.15) is 23.1 Å². The van der Waals surface area contributed by atoms with Gasteiger partial charge in [0.25, 0.3) is 11.6 Å². The molecule has 0 saturated heterocycles. The third kappa shape index (κ3) is 3.41. The second-order valence-electron chi connectivity index (χ2n) is 5.58. The first-order chi connectivity index (χ1) is 12.5. The Kier molecular flexibility index (Phi) is 5.22. The largest absolute Gasteiger partial charge is 0.345 e. The Hall–Kier alpha value is -2.87. The zero-order chi connectivity index (χ0) is 18.7. The molecule has 3 rings (SSSR count). The van der Waals surface area contributed by atoms with E-state index in [2.05, 4.69) is 10.3 Å². The lowest BCUT2D eigenvalue weighted by atomic mass is 10.1. The summed E-state index contributed by atoms with van der Waals surface area (Å²) in [5, 5.41) is 14.0. The minimum Gasteiger partial charge on any atom is -0.345 e. The van der Waals surface area contributed by atoms with Gasteiger partial charge in [0, 0.05) is 17.5 Å². The van der Waals surface area contributed by atoms with Crippen molar-refractivity contribution < 1.29 is 9.72 Å². The van der Waals surface area contributed by atoms with Gasteiger partial charge >= 0.3 is 0 Å². The van der Waals surface area contributed by atoms with Gasteiger partial charge in [0.05, 0.1) is 22.5 Å². The molecule has 7 nitrogen and oxygen atoms in total. The molecule has 134 valence electrons. The van der Waals surface area contributed by atoms with Crippen LogP contribution in [0.25, 0.3) is 11.0 Å². The highest BCUT2D eigenvalue weighted by atomic mass is 32.2. The number of amides is 1. The van der Waals surface area contributed by atoms with Crippen molar-refractivity contribution >= 4 is 34.4 Å². The molecule has 26 heavy (non-hydrogen) atoms. The second-order valence-corrected chi connectivity index (χ2v) is 6.46. The molecule has 0 fully saturated rings. The van der Waals surface area contributed by atoms with Gasteiger partial charge in [-0.15, -0.1) is 11.8 Å². The zero-order valence-corrected chi connectivity index (χ0v) is 15.2. The molecule has 0 unspecified atom stereocenters. The third-order valence-corrected chi connectivity index (χ3v) is 4.83. The number of carbonyl (C=O) groups is 1. The van der Waals surface area contributed by atoms with E-state index < -0.39 is 10.8 Å². The van der Waals surface area contributed by atoms with Gasteiger partial charge in [0.15, 0.2) is 0 Å². The number of nitrogens with one attached hydrogen (secondary N) is 1. The molecule has 1 aromatic heterocycles. The number of aryl methyl sites for hydroxylation is 1. The highest BCUT2D eigenvalue weighted by Gasteiger charge is 2.21. The fourth-order valence-electron chi connectivity index (χ4n) is 2.85. The van der Waals surface area contributed by atoms with Crippen molar-refractivity contribution in [2.75, 3.05) is 6.26 Å². The molecule has 3 aromatic rings. The van der Waals surface area contributed by atoms with Crippen molar-refractivity contribution in [1.82, 2.24) is 14.9 Å². The molecule has 1 N–H and O–H groups in total. The molecular weight excluding hydrogens is 352 g/mol. The Labute approximate surface area is 154 Å². The number of aromatic nitrogens is 2. The first-order valence-electron chi connectivity index (χ1n) is 8.10. The molecule has 0 saturated carbocycles. The maximum Gasteiger partial charge on any atom is 0.282 e. The predicted molar refractivity (Wildman–Crippen MR) is 101 cm³/mol. The van der Waals surface area contributed by atoms with Gasteiger partial charge in [-0.1, -0.05) is 12.1 Å². The SMILES string of the molecule is CCn1c(CNC(=O)c2cc(SC)ccc2[N+](=O)[O-])nc2ccccc21. The van der Waals surface area contributed by atoms with Crippen LogP contribution in [0.4, 0.5) is 5.69 Å². The van der Waals surface area contributed by atoms with E-state index in [1.807, 2.05) is 42.0 Å². The van der Waals surface area contributed by atoms with E-state index in [0.29, 0.717) is 12.4 Å². The lowest BCUT2D eigenvalue weighted by Gasteiger charge is -2.09. The van der Waals surface area contributed by atoms with Crippen LogP contribution < -0.4 is 5.32 Å². The highest BCUT2D eigenvalue weighted by molar-refractivity contribution is 7.98. The standard InChI is InChI=1S/C18H18N4O3S/c1-3-21-16-7-5-4-6-14(16)20-17(21)11-19-18(23)13-10-12(26-2)8-9-15(13)22(24)25/h4-10H,3,11H2,1-2H3,(H,19,23). The fourth-order valence-corrected chi connectivity index (χ4v) is 3.29. The Morgan fingerprint density at radius 3 is 2.77 bits per heavy atom. The van der Waals surface area contributed by atoms with E-state index in [4.69, 9.17) is 0 Å². The predicted octanol–water partition coefficient (Wildman–Crippen LogP) is 3.62. The van der Waals surface area contributed by atoms with E-state index in [1.165, 1.54) is 17.8 Å². The number of nitrogens with zero attached hydrogens (tertiary/aromatic N) is 3. The summed E-state index contributed by atoms with van der Waals surface area (Å²) in [4.78, 5) is 28.6. The highest BCUT2D eigenvalue weighted by Crippen LogP contribution is 2.25. The summed E-state index contributed by atoms with van der Waals surface area (Å²) in [7, 11) is 0. The number of nitro groups is 1. The van der Waals surface area contributed by atoms with E-state index in [1.54, 1.807) is 12.1 Å².